The molecule has 1 heterocycles. The lowest BCUT2D eigenvalue weighted by atomic mass is 10.1. The summed E-state index contributed by atoms with van der Waals surface area (Å²) in [6.07, 6.45) is 1.45. The normalized spacial score (nSPS) is 10.5. The fourth-order valence-electron chi connectivity index (χ4n) is 1.36. The van der Waals surface area contributed by atoms with E-state index in [0.29, 0.717) is 15.9 Å². The van der Waals surface area contributed by atoms with E-state index < -0.39 is 5.97 Å². The molecule has 1 aromatic heterocycles. The summed E-state index contributed by atoms with van der Waals surface area (Å²) in [4.78, 5) is 15.0. The van der Waals surface area contributed by atoms with Gasteiger partial charge in [0.15, 0.2) is 0 Å². The van der Waals surface area contributed by atoms with Crippen molar-refractivity contribution in [3.63, 3.8) is 0 Å². The Morgan fingerprint density at radius 2 is 1.93 bits per heavy atom. The Morgan fingerprint density at radius 1 is 1.20 bits per heavy atom. The Labute approximate surface area is 95.3 Å². The molecule has 0 bridgehead atoms. The molecule has 0 aliphatic heterocycles. The largest absolute Gasteiger partial charge is 0.478 e. The molecule has 3 nitrogen and oxygen atoms in total. The molecule has 5 heteroatoms. The van der Waals surface area contributed by atoms with Crippen molar-refractivity contribution in [3.8, 4) is 0 Å². The molecule has 0 aliphatic carbocycles. The molecular weight excluding hydrogens is 237 g/mol. The molecule has 0 saturated carbocycles. The van der Waals surface area contributed by atoms with Crippen molar-refractivity contribution in [1.82, 2.24) is 4.98 Å². The molecule has 15 heavy (non-hydrogen) atoms. The minimum absolute atomic E-state index is 0.0170. The van der Waals surface area contributed by atoms with Crippen LogP contribution >= 0.6 is 23.2 Å². The molecule has 0 fully saturated rings. The number of carboxylic acid groups (broad SMARTS) is 1. The monoisotopic (exact) mass is 241 g/mol. The maximum absolute atomic E-state index is 11.0. The Kier molecular flexibility index (Phi) is 2.50. The summed E-state index contributed by atoms with van der Waals surface area (Å²) in [5.74, 6) is -1.11. The van der Waals surface area contributed by atoms with Gasteiger partial charge in [-0.15, -0.1) is 0 Å². The van der Waals surface area contributed by atoms with E-state index in [-0.39, 0.29) is 10.6 Å². The summed E-state index contributed by atoms with van der Waals surface area (Å²) in [5, 5.41) is 10.2. The van der Waals surface area contributed by atoms with Crippen LogP contribution in [0.4, 0.5) is 0 Å². The number of hydrogen-bond acceptors (Lipinski definition) is 2. The van der Waals surface area contributed by atoms with Crippen molar-refractivity contribution in [2.75, 3.05) is 0 Å². The first kappa shape index (κ1) is 10.2. The van der Waals surface area contributed by atoms with Crippen LogP contribution in [0.15, 0.2) is 24.4 Å². The molecule has 0 saturated heterocycles. The molecular formula is C10H5Cl2NO2. The number of benzene rings is 1. The van der Waals surface area contributed by atoms with E-state index >= 15 is 0 Å². The van der Waals surface area contributed by atoms with Crippen LogP contribution in [0.5, 0.6) is 0 Å². The molecule has 2 aromatic rings. The third kappa shape index (κ3) is 1.64. The van der Waals surface area contributed by atoms with Gasteiger partial charge in [0.25, 0.3) is 0 Å². The Hall–Kier alpha value is -1.32. The number of fused-ring (bicyclic) bond motifs is 1. The van der Waals surface area contributed by atoms with Crippen LogP contribution in [-0.2, 0) is 0 Å². The van der Waals surface area contributed by atoms with Crippen LogP contribution in [0.25, 0.3) is 10.9 Å². The number of carboxylic acids is 1. The van der Waals surface area contributed by atoms with E-state index in [4.69, 9.17) is 28.3 Å². The summed E-state index contributed by atoms with van der Waals surface area (Å²) in [5.41, 5.74) is 0.291. The second-order valence-corrected chi connectivity index (χ2v) is 3.73. The molecule has 0 unspecified atom stereocenters. The van der Waals surface area contributed by atoms with Crippen LogP contribution in [0.1, 0.15) is 10.4 Å². The van der Waals surface area contributed by atoms with E-state index in [1.165, 1.54) is 12.3 Å². The van der Waals surface area contributed by atoms with Gasteiger partial charge in [-0.25, -0.2) is 4.79 Å². The van der Waals surface area contributed by atoms with Gasteiger partial charge in [-0.3, -0.25) is 4.98 Å². The molecule has 0 amide bonds. The zero-order valence-electron chi connectivity index (χ0n) is 7.37. The average molecular weight is 242 g/mol. The van der Waals surface area contributed by atoms with Gasteiger partial charge in [0.2, 0.25) is 0 Å². The van der Waals surface area contributed by atoms with Crippen LogP contribution in [-0.4, -0.2) is 16.1 Å². The van der Waals surface area contributed by atoms with Crippen molar-refractivity contribution in [2.45, 2.75) is 0 Å². The fourth-order valence-corrected chi connectivity index (χ4v) is 1.81. The predicted molar refractivity (Wildman–Crippen MR) is 58.7 cm³/mol. The van der Waals surface area contributed by atoms with E-state index in [1.54, 1.807) is 12.1 Å². The second kappa shape index (κ2) is 3.68. The number of hydrogen-bond donors (Lipinski definition) is 1. The number of rotatable bonds is 1. The number of nitrogens with zero attached hydrogens (tertiary/aromatic N) is 1. The second-order valence-electron chi connectivity index (χ2n) is 2.92. The van der Waals surface area contributed by atoms with Gasteiger partial charge in [0, 0.05) is 11.6 Å². The lowest BCUT2D eigenvalue weighted by molar-refractivity contribution is 0.0699. The highest BCUT2D eigenvalue weighted by Gasteiger charge is 2.15. The van der Waals surface area contributed by atoms with E-state index in [1.807, 2.05) is 0 Å². The van der Waals surface area contributed by atoms with Crippen molar-refractivity contribution in [2.24, 2.45) is 0 Å². The quantitative estimate of drug-likeness (QED) is 0.834. The Bertz CT molecular complexity index is 554. The summed E-state index contributed by atoms with van der Waals surface area (Å²) in [7, 11) is 0. The number of pyridine rings is 1. The third-order valence-corrected chi connectivity index (χ3v) is 2.67. The van der Waals surface area contributed by atoms with Gasteiger partial charge in [0.1, 0.15) is 5.56 Å². The van der Waals surface area contributed by atoms with Crippen molar-refractivity contribution < 1.29 is 9.90 Å². The van der Waals surface area contributed by atoms with Gasteiger partial charge in [-0.1, -0.05) is 23.2 Å². The summed E-state index contributed by atoms with van der Waals surface area (Å²) < 4.78 is 0. The van der Waals surface area contributed by atoms with Crippen molar-refractivity contribution in [1.29, 1.82) is 0 Å². The fraction of sp³-hybridized carbons (Fsp3) is 0. The highest BCUT2D eigenvalue weighted by atomic mass is 35.5. The first-order chi connectivity index (χ1) is 7.11. The highest BCUT2D eigenvalue weighted by molar-refractivity contribution is 6.38. The molecule has 0 spiro atoms. The lowest BCUT2D eigenvalue weighted by Gasteiger charge is -2.04. The van der Waals surface area contributed by atoms with Crippen molar-refractivity contribution in [3.05, 3.63) is 40.0 Å². The Balaban J connectivity index is 2.94. The molecule has 1 N–H and O–H groups in total. The first-order valence-electron chi connectivity index (χ1n) is 4.07. The molecule has 0 atom stereocenters. The van der Waals surface area contributed by atoms with Crippen LogP contribution in [0, 0.1) is 0 Å². The smallest absolute Gasteiger partial charge is 0.339 e. The highest BCUT2D eigenvalue weighted by Crippen LogP contribution is 2.28. The predicted octanol–water partition coefficient (Wildman–Crippen LogP) is 3.24. The van der Waals surface area contributed by atoms with E-state index in [9.17, 15) is 4.79 Å². The van der Waals surface area contributed by atoms with Gasteiger partial charge in [0.05, 0.1) is 15.6 Å². The number of aromatic nitrogens is 1. The van der Waals surface area contributed by atoms with Gasteiger partial charge in [-0.2, -0.15) is 0 Å². The summed E-state index contributed by atoms with van der Waals surface area (Å²) in [6, 6.07) is 4.75. The number of halogens is 2. The Morgan fingerprint density at radius 3 is 2.60 bits per heavy atom. The van der Waals surface area contributed by atoms with Crippen LogP contribution in [0.2, 0.25) is 10.0 Å². The zero-order valence-corrected chi connectivity index (χ0v) is 8.88. The molecule has 0 aliphatic rings. The molecule has 76 valence electrons. The van der Waals surface area contributed by atoms with Crippen LogP contribution in [0.3, 0.4) is 0 Å². The van der Waals surface area contributed by atoms with Gasteiger partial charge >= 0.3 is 5.97 Å². The average Bonchev–Trinajstić information content (AvgIpc) is 2.17. The number of carbonyl (C=O) groups is 1. The third-order valence-electron chi connectivity index (χ3n) is 2.02. The van der Waals surface area contributed by atoms with Gasteiger partial charge < -0.3 is 5.11 Å². The summed E-state index contributed by atoms with van der Waals surface area (Å²) >= 11 is 11.7. The summed E-state index contributed by atoms with van der Waals surface area (Å²) in [6.45, 7) is 0. The van der Waals surface area contributed by atoms with E-state index in [0.717, 1.165) is 0 Å². The minimum Gasteiger partial charge on any atom is -0.478 e. The SMILES string of the molecule is O=C(O)c1c(Cl)ccc2c(Cl)ccnc12. The van der Waals surface area contributed by atoms with Crippen LogP contribution < -0.4 is 0 Å². The minimum atomic E-state index is -1.11. The lowest BCUT2D eigenvalue weighted by Crippen LogP contribution is -2.00. The zero-order chi connectivity index (χ0) is 11.0. The standard InChI is InChI=1S/C10H5Cl2NO2/c11-6-3-4-13-9-5(6)1-2-7(12)8(9)10(14)15/h1-4H,(H,14,15). The molecule has 1 aromatic carbocycles. The number of aromatic carboxylic acids is 1. The maximum Gasteiger partial charge on any atom is 0.339 e. The molecule has 2 rings (SSSR count). The first-order valence-corrected chi connectivity index (χ1v) is 4.83. The van der Waals surface area contributed by atoms with E-state index in [2.05, 4.69) is 4.98 Å². The maximum atomic E-state index is 11.0. The van der Waals surface area contributed by atoms with Gasteiger partial charge in [-0.05, 0) is 18.2 Å². The van der Waals surface area contributed by atoms with Crippen molar-refractivity contribution >= 4 is 40.1 Å². The molecule has 0 radical (unpaired) electrons. The topological polar surface area (TPSA) is 50.2 Å².